The number of benzene rings is 1. The Morgan fingerprint density at radius 3 is 2.50 bits per heavy atom. The molecule has 0 bridgehead atoms. The van der Waals surface area contributed by atoms with E-state index in [-0.39, 0.29) is 27.6 Å². The van der Waals surface area contributed by atoms with Gasteiger partial charge < -0.3 is 9.84 Å². The van der Waals surface area contributed by atoms with Crippen LogP contribution in [-0.4, -0.2) is 37.7 Å². The van der Waals surface area contributed by atoms with E-state index in [1.807, 2.05) is 0 Å². The van der Waals surface area contributed by atoms with Crippen molar-refractivity contribution in [2.24, 2.45) is 0 Å². The van der Waals surface area contributed by atoms with Gasteiger partial charge in [0.2, 0.25) is 0 Å². The predicted molar refractivity (Wildman–Crippen MR) is 95.4 cm³/mol. The standard InChI is InChI=1S/C17H11ClF4N4O4/c1-30-12-6-25(15(19)16(28)29)14(27)5-10(12)9-4-8(18)2-3-11(9)26-7-13(23-24-26)17(20,21)22/h2-7,15H,1H3,(H,28,29). The molecule has 0 amide bonds. The van der Waals surface area contributed by atoms with Gasteiger partial charge in [-0.1, -0.05) is 16.8 Å². The topological polar surface area (TPSA) is 99.2 Å². The summed E-state index contributed by atoms with van der Waals surface area (Å²) in [6.07, 6.45) is -5.91. The lowest BCUT2D eigenvalue weighted by Crippen LogP contribution is -2.26. The Morgan fingerprint density at radius 2 is 1.93 bits per heavy atom. The quantitative estimate of drug-likeness (QED) is 0.604. The SMILES string of the molecule is COc1cn(C(F)C(=O)O)c(=O)cc1-c1cc(Cl)ccc1-n1cc(C(F)(F)F)nn1. The van der Waals surface area contributed by atoms with E-state index in [2.05, 4.69) is 10.3 Å². The maximum Gasteiger partial charge on any atom is 0.436 e. The fourth-order valence-corrected chi connectivity index (χ4v) is 2.81. The van der Waals surface area contributed by atoms with Crippen molar-refractivity contribution in [2.75, 3.05) is 7.11 Å². The third-order valence-corrected chi connectivity index (χ3v) is 4.23. The Morgan fingerprint density at radius 1 is 1.23 bits per heavy atom. The van der Waals surface area contributed by atoms with E-state index < -0.39 is 29.7 Å². The van der Waals surface area contributed by atoms with Crippen LogP contribution in [0.1, 0.15) is 12.0 Å². The molecule has 1 N–H and O–H groups in total. The number of ether oxygens (including phenoxy) is 1. The maximum absolute atomic E-state index is 13.8. The molecule has 0 fully saturated rings. The number of alkyl halides is 4. The van der Waals surface area contributed by atoms with E-state index in [4.69, 9.17) is 21.4 Å². The molecular weight excluding hydrogens is 436 g/mol. The van der Waals surface area contributed by atoms with Crippen LogP contribution in [0.2, 0.25) is 5.02 Å². The lowest BCUT2D eigenvalue weighted by molar-refractivity contribution is -0.146. The van der Waals surface area contributed by atoms with Gasteiger partial charge in [0.15, 0.2) is 5.69 Å². The van der Waals surface area contributed by atoms with Crippen molar-refractivity contribution in [3.8, 4) is 22.6 Å². The zero-order chi connectivity index (χ0) is 22.2. The van der Waals surface area contributed by atoms with Crippen molar-refractivity contribution in [2.45, 2.75) is 12.5 Å². The zero-order valence-electron chi connectivity index (χ0n) is 14.9. The summed E-state index contributed by atoms with van der Waals surface area (Å²) in [6.45, 7) is 0. The number of aliphatic carboxylic acids is 1. The van der Waals surface area contributed by atoms with Crippen molar-refractivity contribution < 1.29 is 32.2 Å². The first-order valence-electron chi connectivity index (χ1n) is 8.00. The molecule has 13 heteroatoms. The average Bonchev–Trinajstić information content (AvgIpc) is 3.17. The predicted octanol–water partition coefficient (Wildman–Crippen LogP) is 3.33. The number of nitrogens with zero attached hydrogens (tertiary/aromatic N) is 4. The molecule has 158 valence electrons. The van der Waals surface area contributed by atoms with E-state index in [0.29, 0.717) is 10.8 Å². The van der Waals surface area contributed by atoms with Crippen molar-refractivity contribution in [1.29, 1.82) is 0 Å². The number of carbonyl (C=O) groups is 1. The number of pyridine rings is 1. The first-order valence-corrected chi connectivity index (χ1v) is 8.37. The van der Waals surface area contributed by atoms with Gasteiger partial charge in [-0.2, -0.15) is 13.2 Å². The molecule has 0 spiro atoms. The van der Waals surface area contributed by atoms with Gasteiger partial charge in [-0.05, 0) is 18.2 Å². The Bertz CT molecular complexity index is 1180. The lowest BCUT2D eigenvalue weighted by atomic mass is 10.0. The number of aromatic nitrogens is 4. The highest BCUT2D eigenvalue weighted by atomic mass is 35.5. The summed E-state index contributed by atoms with van der Waals surface area (Å²) in [6, 6.07) is 4.93. The van der Waals surface area contributed by atoms with Gasteiger partial charge in [0.1, 0.15) is 5.75 Å². The average molecular weight is 447 g/mol. The number of hydrogen-bond acceptors (Lipinski definition) is 5. The van der Waals surface area contributed by atoms with Gasteiger partial charge in [-0.25, -0.2) is 13.9 Å². The van der Waals surface area contributed by atoms with Crippen molar-refractivity contribution in [3.63, 3.8) is 0 Å². The molecule has 1 atom stereocenters. The van der Waals surface area contributed by atoms with Gasteiger partial charge in [0, 0.05) is 22.2 Å². The monoisotopic (exact) mass is 446 g/mol. The summed E-state index contributed by atoms with van der Waals surface area (Å²) in [5, 5.41) is 15.5. The summed E-state index contributed by atoms with van der Waals surface area (Å²) in [4.78, 5) is 23.2. The molecule has 0 aliphatic heterocycles. The Hall–Kier alpha value is -3.41. The second kappa shape index (κ2) is 7.78. The first kappa shape index (κ1) is 21.3. The Labute approximate surface area is 169 Å². The maximum atomic E-state index is 13.8. The van der Waals surface area contributed by atoms with E-state index in [1.165, 1.54) is 25.3 Å². The van der Waals surface area contributed by atoms with E-state index in [9.17, 15) is 27.2 Å². The van der Waals surface area contributed by atoms with Crippen molar-refractivity contribution in [3.05, 3.63) is 57.7 Å². The fourth-order valence-electron chi connectivity index (χ4n) is 2.63. The molecule has 2 aromatic heterocycles. The minimum Gasteiger partial charge on any atom is -0.495 e. The number of carboxylic acid groups (broad SMARTS) is 1. The molecule has 0 aliphatic carbocycles. The molecule has 1 aromatic carbocycles. The normalized spacial score (nSPS) is 12.6. The summed E-state index contributed by atoms with van der Waals surface area (Å²) in [7, 11) is 1.18. The van der Waals surface area contributed by atoms with E-state index in [1.54, 1.807) is 0 Å². The number of halogens is 5. The van der Waals surface area contributed by atoms with Crippen molar-refractivity contribution in [1.82, 2.24) is 19.6 Å². The number of methoxy groups -OCH3 is 1. The smallest absolute Gasteiger partial charge is 0.436 e. The highest BCUT2D eigenvalue weighted by Gasteiger charge is 2.35. The van der Waals surface area contributed by atoms with Crippen LogP contribution in [0.25, 0.3) is 16.8 Å². The van der Waals surface area contributed by atoms with E-state index in [0.717, 1.165) is 16.9 Å². The summed E-state index contributed by atoms with van der Waals surface area (Å²) in [5.74, 6) is -2.02. The summed E-state index contributed by atoms with van der Waals surface area (Å²) in [5.41, 5.74) is -2.06. The largest absolute Gasteiger partial charge is 0.495 e. The molecule has 3 rings (SSSR count). The van der Waals surface area contributed by atoms with Gasteiger partial charge >= 0.3 is 12.1 Å². The second-order valence-corrected chi connectivity index (χ2v) is 6.32. The van der Waals surface area contributed by atoms with Crippen molar-refractivity contribution >= 4 is 17.6 Å². The summed E-state index contributed by atoms with van der Waals surface area (Å²) < 4.78 is 58.7. The van der Waals surface area contributed by atoms with Crippen LogP contribution in [0.15, 0.2) is 41.5 Å². The van der Waals surface area contributed by atoms with Crippen LogP contribution < -0.4 is 10.3 Å². The van der Waals surface area contributed by atoms with Crippen LogP contribution in [0.3, 0.4) is 0 Å². The number of hydrogen-bond donors (Lipinski definition) is 1. The van der Waals surface area contributed by atoms with Crippen LogP contribution >= 0.6 is 11.6 Å². The minimum absolute atomic E-state index is 0.0258. The molecule has 0 radical (unpaired) electrons. The minimum atomic E-state index is -4.73. The second-order valence-electron chi connectivity index (χ2n) is 5.88. The van der Waals surface area contributed by atoms with Gasteiger partial charge in [0.05, 0.1) is 25.2 Å². The molecule has 0 saturated carbocycles. The molecule has 0 aliphatic rings. The van der Waals surface area contributed by atoms with Crippen LogP contribution in [0.5, 0.6) is 5.75 Å². The Balaban J connectivity index is 2.23. The zero-order valence-corrected chi connectivity index (χ0v) is 15.6. The van der Waals surface area contributed by atoms with Gasteiger partial charge in [-0.15, -0.1) is 5.10 Å². The molecular formula is C17H11ClF4N4O4. The molecule has 0 saturated heterocycles. The van der Waals surface area contributed by atoms with E-state index >= 15 is 0 Å². The lowest BCUT2D eigenvalue weighted by Gasteiger charge is -2.16. The highest BCUT2D eigenvalue weighted by Crippen LogP contribution is 2.36. The third kappa shape index (κ3) is 3.99. The third-order valence-electron chi connectivity index (χ3n) is 3.99. The Kier molecular flexibility index (Phi) is 5.53. The molecule has 8 nitrogen and oxygen atoms in total. The molecule has 30 heavy (non-hydrogen) atoms. The van der Waals surface area contributed by atoms with Crippen LogP contribution in [-0.2, 0) is 11.0 Å². The first-order chi connectivity index (χ1) is 14.0. The highest BCUT2D eigenvalue weighted by molar-refractivity contribution is 6.31. The number of carboxylic acids is 1. The van der Waals surface area contributed by atoms with Crippen LogP contribution in [0, 0.1) is 0 Å². The molecule has 2 heterocycles. The molecule has 1 unspecified atom stereocenters. The number of rotatable bonds is 5. The van der Waals surface area contributed by atoms with Gasteiger partial charge in [-0.3, -0.25) is 9.36 Å². The molecule has 3 aromatic rings. The fraction of sp³-hybridized carbons (Fsp3) is 0.176. The summed E-state index contributed by atoms with van der Waals surface area (Å²) >= 11 is 6.00. The van der Waals surface area contributed by atoms with Crippen LogP contribution in [0.4, 0.5) is 17.6 Å². The van der Waals surface area contributed by atoms with Gasteiger partial charge in [0.25, 0.3) is 11.9 Å².